The Morgan fingerprint density at radius 1 is 1.25 bits per heavy atom. The van der Waals surface area contributed by atoms with Crippen molar-refractivity contribution < 1.29 is 19.1 Å². The first-order valence-electron chi connectivity index (χ1n) is 6.96. The summed E-state index contributed by atoms with van der Waals surface area (Å²) in [5.41, 5.74) is 0.820. The molecule has 124 valence electrons. The minimum Gasteiger partial charge on any atom is -0.482 e. The molecule has 0 aromatic heterocycles. The summed E-state index contributed by atoms with van der Waals surface area (Å²) in [6.45, 7) is -0.313. The molecule has 0 fully saturated rings. The van der Waals surface area contributed by atoms with Gasteiger partial charge in [-0.1, -0.05) is 35.3 Å². The lowest BCUT2D eigenvalue weighted by Crippen LogP contribution is -2.26. The summed E-state index contributed by atoms with van der Waals surface area (Å²) >= 11 is 12.1. The van der Waals surface area contributed by atoms with Gasteiger partial charge in [-0.15, -0.1) is 0 Å². The second-order valence-electron chi connectivity index (χ2n) is 4.93. The van der Waals surface area contributed by atoms with Crippen LogP contribution in [0.4, 0.5) is 11.4 Å². The lowest BCUT2D eigenvalue weighted by Gasteiger charge is -2.19. The van der Waals surface area contributed by atoms with Crippen molar-refractivity contribution in [3.05, 3.63) is 46.4 Å². The van der Waals surface area contributed by atoms with Gasteiger partial charge in [-0.05, 0) is 18.2 Å². The molecule has 8 heteroatoms. The van der Waals surface area contributed by atoms with E-state index in [1.54, 1.807) is 30.3 Å². The van der Waals surface area contributed by atoms with Crippen LogP contribution in [0.3, 0.4) is 0 Å². The third-order valence-corrected chi connectivity index (χ3v) is 3.80. The summed E-state index contributed by atoms with van der Waals surface area (Å²) in [5, 5.41) is 5.95. The molecular weight excluding hydrogens is 355 g/mol. The fourth-order valence-electron chi connectivity index (χ4n) is 2.09. The van der Waals surface area contributed by atoms with Gasteiger partial charge in [0.05, 0.1) is 21.4 Å². The molecule has 1 aliphatic rings. The topological polar surface area (TPSA) is 76.7 Å². The smallest absolute Gasteiger partial charge is 0.262 e. The van der Waals surface area contributed by atoms with E-state index in [1.165, 1.54) is 6.07 Å². The van der Waals surface area contributed by atoms with Gasteiger partial charge in [0.1, 0.15) is 11.5 Å². The molecule has 3 rings (SSSR count). The Bertz CT molecular complexity index is 811. The van der Waals surface area contributed by atoms with Crippen molar-refractivity contribution in [3.63, 3.8) is 0 Å². The van der Waals surface area contributed by atoms with E-state index in [0.717, 1.165) is 0 Å². The molecule has 0 bridgehead atoms. The van der Waals surface area contributed by atoms with Gasteiger partial charge in [-0.25, -0.2) is 0 Å². The van der Waals surface area contributed by atoms with Crippen molar-refractivity contribution in [3.8, 4) is 11.5 Å². The fraction of sp³-hybridized carbons (Fsp3) is 0.125. The van der Waals surface area contributed by atoms with Crippen LogP contribution in [0.2, 0.25) is 10.0 Å². The number of ether oxygens (including phenoxy) is 2. The predicted octanol–water partition coefficient (Wildman–Crippen LogP) is 3.34. The number of carbonyl (C=O) groups is 2. The van der Waals surface area contributed by atoms with Gasteiger partial charge in [0.25, 0.3) is 11.8 Å². The van der Waals surface area contributed by atoms with Crippen LogP contribution in [-0.2, 0) is 9.59 Å². The molecule has 0 aliphatic carbocycles. The van der Waals surface area contributed by atoms with E-state index in [2.05, 4.69) is 10.6 Å². The van der Waals surface area contributed by atoms with Gasteiger partial charge in [-0.3, -0.25) is 9.59 Å². The van der Waals surface area contributed by atoms with Gasteiger partial charge in [0.15, 0.2) is 13.2 Å². The zero-order valence-corrected chi connectivity index (χ0v) is 13.8. The highest BCUT2D eigenvalue weighted by atomic mass is 35.5. The average Bonchev–Trinajstić information content (AvgIpc) is 2.55. The van der Waals surface area contributed by atoms with Crippen molar-refractivity contribution in [1.29, 1.82) is 0 Å². The van der Waals surface area contributed by atoms with Crippen molar-refractivity contribution >= 4 is 46.4 Å². The standard InChI is InChI=1S/C16H12Cl2N2O4/c17-9-3-1-2-4-13(9)23-7-15(21)19-11-6-14-12(5-10(11)18)20-16(22)8-24-14/h1-6H,7-8H2,(H,19,21)(H,20,22). The number of rotatable bonds is 4. The van der Waals surface area contributed by atoms with E-state index in [1.807, 2.05) is 0 Å². The molecule has 0 radical (unpaired) electrons. The number of hydrogen-bond acceptors (Lipinski definition) is 4. The van der Waals surface area contributed by atoms with Crippen LogP contribution in [-0.4, -0.2) is 25.0 Å². The van der Waals surface area contributed by atoms with Crippen LogP contribution >= 0.6 is 23.2 Å². The van der Waals surface area contributed by atoms with Gasteiger partial charge < -0.3 is 20.1 Å². The Morgan fingerprint density at radius 2 is 2.04 bits per heavy atom. The average molecular weight is 367 g/mol. The molecule has 2 amide bonds. The number of fused-ring (bicyclic) bond motifs is 1. The molecule has 1 aliphatic heterocycles. The maximum absolute atomic E-state index is 12.0. The lowest BCUT2D eigenvalue weighted by atomic mass is 10.2. The van der Waals surface area contributed by atoms with Crippen molar-refractivity contribution in [2.45, 2.75) is 0 Å². The van der Waals surface area contributed by atoms with E-state index in [-0.39, 0.29) is 24.1 Å². The number of anilines is 2. The number of hydrogen-bond donors (Lipinski definition) is 2. The fourth-order valence-corrected chi connectivity index (χ4v) is 2.49. The first kappa shape index (κ1) is 16.4. The van der Waals surface area contributed by atoms with Crippen LogP contribution in [0, 0.1) is 0 Å². The number of para-hydroxylation sites is 1. The molecule has 0 spiro atoms. The maximum Gasteiger partial charge on any atom is 0.262 e. The zero-order valence-electron chi connectivity index (χ0n) is 12.3. The van der Waals surface area contributed by atoms with Gasteiger partial charge in [0, 0.05) is 6.07 Å². The van der Waals surface area contributed by atoms with Crippen LogP contribution in [0.25, 0.3) is 0 Å². The van der Waals surface area contributed by atoms with Gasteiger partial charge >= 0.3 is 0 Å². The summed E-state index contributed by atoms with van der Waals surface area (Å²) in [7, 11) is 0. The van der Waals surface area contributed by atoms with E-state index >= 15 is 0 Å². The summed E-state index contributed by atoms with van der Waals surface area (Å²) in [6.07, 6.45) is 0. The largest absolute Gasteiger partial charge is 0.482 e. The highest BCUT2D eigenvalue weighted by molar-refractivity contribution is 6.34. The molecule has 0 unspecified atom stereocenters. The van der Waals surface area contributed by atoms with Crippen LogP contribution in [0.15, 0.2) is 36.4 Å². The number of nitrogens with one attached hydrogen (secondary N) is 2. The normalized spacial score (nSPS) is 12.7. The van der Waals surface area contributed by atoms with Crippen molar-refractivity contribution in [2.24, 2.45) is 0 Å². The number of benzene rings is 2. The highest BCUT2D eigenvalue weighted by Gasteiger charge is 2.19. The van der Waals surface area contributed by atoms with Crippen LogP contribution in [0.1, 0.15) is 0 Å². The van der Waals surface area contributed by atoms with Crippen molar-refractivity contribution in [2.75, 3.05) is 23.8 Å². The van der Waals surface area contributed by atoms with Crippen LogP contribution in [0.5, 0.6) is 11.5 Å². The van der Waals surface area contributed by atoms with E-state index < -0.39 is 5.91 Å². The molecule has 0 saturated heterocycles. The first-order valence-corrected chi connectivity index (χ1v) is 7.72. The van der Waals surface area contributed by atoms with Crippen LogP contribution < -0.4 is 20.1 Å². The zero-order chi connectivity index (χ0) is 17.1. The minimum absolute atomic E-state index is 0.0857. The SMILES string of the molecule is O=C(COc1ccccc1Cl)Nc1cc2c(cc1Cl)NC(=O)CO2. The third kappa shape index (κ3) is 3.72. The first-order chi connectivity index (χ1) is 11.5. The number of carbonyl (C=O) groups excluding carboxylic acids is 2. The molecule has 2 N–H and O–H groups in total. The monoisotopic (exact) mass is 366 g/mol. The summed E-state index contributed by atoms with van der Waals surface area (Å²) in [6, 6.07) is 9.91. The molecule has 2 aromatic rings. The molecule has 2 aromatic carbocycles. The third-order valence-electron chi connectivity index (χ3n) is 3.17. The summed E-state index contributed by atoms with van der Waals surface area (Å²) in [5.74, 6) is 0.179. The lowest BCUT2D eigenvalue weighted by molar-refractivity contribution is -0.119. The van der Waals surface area contributed by atoms with E-state index in [4.69, 9.17) is 32.7 Å². The second-order valence-corrected chi connectivity index (χ2v) is 5.75. The van der Waals surface area contributed by atoms with E-state index in [9.17, 15) is 9.59 Å². The Balaban J connectivity index is 1.66. The quantitative estimate of drug-likeness (QED) is 0.869. The highest BCUT2D eigenvalue weighted by Crippen LogP contribution is 2.36. The Labute approximate surface area is 147 Å². The Hall–Kier alpha value is -2.44. The molecule has 6 nitrogen and oxygen atoms in total. The molecule has 0 saturated carbocycles. The molecule has 0 atom stereocenters. The number of amides is 2. The summed E-state index contributed by atoms with van der Waals surface area (Å²) in [4.78, 5) is 23.3. The van der Waals surface area contributed by atoms with Gasteiger partial charge in [0.2, 0.25) is 0 Å². The van der Waals surface area contributed by atoms with Gasteiger partial charge in [-0.2, -0.15) is 0 Å². The number of halogens is 2. The van der Waals surface area contributed by atoms with E-state index in [0.29, 0.717) is 27.9 Å². The molecular formula is C16H12Cl2N2O4. The predicted molar refractivity (Wildman–Crippen MR) is 91.2 cm³/mol. The second kappa shape index (κ2) is 6.98. The Kier molecular flexibility index (Phi) is 4.78. The molecule has 1 heterocycles. The minimum atomic E-state index is -0.406. The summed E-state index contributed by atoms with van der Waals surface area (Å²) < 4.78 is 10.6. The Morgan fingerprint density at radius 3 is 2.83 bits per heavy atom. The maximum atomic E-state index is 12.0. The van der Waals surface area contributed by atoms with Crippen molar-refractivity contribution in [1.82, 2.24) is 0 Å². The molecule has 24 heavy (non-hydrogen) atoms.